The molecule has 1 saturated heterocycles. The van der Waals surface area contributed by atoms with Gasteiger partial charge in [-0.3, -0.25) is 9.89 Å². The quantitative estimate of drug-likeness (QED) is 0.353. The van der Waals surface area contributed by atoms with Gasteiger partial charge < -0.3 is 20.9 Å². The van der Waals surface area contributed by atoms with E-state index >= 15 is 0 Å². The van der Waals surface area contributed by atoms with E-state index in [9.17, 15) is 22.0 Å². The second kappa shape index (κ2) is 11.5. The Morgan fingerprint density at radius 3 is 2.52 bits per heavy atom. The lowest BCUT2D eigenvalue weighted by atomic mass is 10.1. The lowest BCUT2D eigenvalue weighted by molar-refractivity contribution is 0.102. The van der Waals surface area contributed by atoms with Crippen LogP contribution in [0.2, 0.25) is 0 Å². The summed E-state index contributed by atoms with van der Waals surface area (Å²) in [6.45, 7) is 4.01. The first-order valence-corrected chi connectivity index (χ1v) is 14.7. The van der Waals surface area contributed by atoms with E-state index in [1.807, 2.05) is 13.1 Å². The van der Waals surface area contributed by atoms with Crippen molar-refractivity contribution in [2.45, 2.75) is 37.1 Å². The average molecular weight is 574 g/mol. The van der Waals surface area contributed by atoms with Crippen LogP contribution in [0.5, 0.6) is 0 Å². The topological polar surface area (TPSA) is 128 Å². The van der Waals surface area contributed by atoms with Crippen LogP contribution >= 0.6 is 0 Å². The number of nitrogen functional groups attached to an aromatic ring is 1. The molecule has 214 valence electrons. The van der Waals surface area contributed by atoms with Gasteiger partial charge in [0.25, 0.3) is 5.91 Å². The maximum atomic E-state index is 13.7. The number of likely N-dealkylation sites (N-methyl/N-ethyl adjacent to an activating group) is 1. The van der Waals surface area contributed by atoms with Crippen LogP contribution in [0.3, 0.4) is 0 Å². The highest BCUT2D eigenvalue weighted by Gasteiger charge is 2.32. The van der Waals surface area contributed by atoms with Gasteiger partial charge in [-0.2, -0.15) is 9.40 Å². The number of hydrogen-bond acceptors (Lipinski definition) is 7. The summed E-state index contributed by atoms with van der Waals surface area (Å²) >= 11 is 0. The minimum atomic E-state index is -4.19. The predicted molar refractivity (Wildman–Crippen MR) is 149 cm³/mol. The fraction of sp³-hybridized carbons (Fsp3) is 0.407. The first-order valence-electron chi connectivity index (χ1n) is 13.3. The minimum Gasteiger partial charge on any atom is -0.398 e. The number of nitrogens with two attached hydrogens (primary N) is 1. The van der Waals surface area contributed by atoms with Crippen LogP contribution < -0.4 is 16.0 Å². The molecule has 2 aromatic carbocycles. The Morgan fingerprint density at radius 2 is 1.82 bits per heavy atom. The largest absolute Gasteiger partial charge is 0.398 e. The third-order valence-electron chi connectivity index (χ3n) is 7.53. The maximum absolute atomic E-state index is 13.7. The zero-order valence-corrected chi connectivity index (χ0v) is 23.1. The van der Waals surface area contributed by atoms with Gasteiger partial charge in [-0.05, 0) is 56.3 Å². The number of carbonyl (C=O) groups excluding carboxylic acids is 1. The van der Waals surface area contributed by atoms with Gasteiger partial charge >= 0.3 is 0 Å². The Bertz CT molecular complexity index is 1490. The highest BCUT2D eigenvalue weighted by molar-refractivity contribution is 7.89. The van der Waals surface area contributed by atoms with E-state index in [-0.39, 0.29) is 30.9 Å². The molecule has 0 unspecified atom stereocenters. The number of likely N-dealkylation sites (tertiary alicyclic amines) is 1. The summed E-state index contributed by atoms with van der Waals surface area (Å²) in [5.74, 6) is -2.28. The molecule has 10 nitrogen and oxygen atoms in total. The monoisotopic (exact) mass is 573 g/mol. The van der Waals surface area contributed by atoms with Crippen molar-refractivity contribution < 1.29 is 22.0 Å². The summed E-state index contributed by atoms with van der Waals surface area (Å²) in [7, 11) is -2.19. The molecule has 1 amide bonds. The van der Waals surface area contributed by atoms with Crippen molar-refractivity contribution in [1.29, 1.82) is 0 Å². The molecule has 0 atom stereocenters. The molecule has 0 saturated carbocycles. The van der Waals surface area contributed by atoms with Crippen molar-refractivity contribution in [3.8, 4) is 0 Å². The number of H-pyrrole nitrogens is 1. The standard InChI is InChI=1S/C27H33F2N7O3S/c1-34(11-12-35-8-3-2-4-9-35)20-5-6-22(24(30)16-20)27(37)31-26-23-17-36(10-7-25(23)32-33-26)40(38,39)21-14-18(28)13-19(29)15-21/h5-6,13-16H,2-4,7-12,17,30H2,1H3,(H2,31,32,33,37). The second-order valence-corrected chi connectivity index (χ2v) is 12.2. The molecule has 3 aromatic rings. The maximum Gasteiger partial charge on any atom is 0.258 e. The fourth-order valence-corrected chi connectivity index (χ4v) is 6.63. The van der Waals surface area contributed by atoms with E-state index < -0.39 is 32.5 Å². The number of anilines is 3. The van der Waals surface area contributed by atoms with Gasteiger partial charge in [-0.1, -0.05) is 6.42 Å². The zero-order chi connectivity index (χ0) is 28.4. The van der Waals surface area contributed by atoms with E-state index in [1.54, 1.807) is 12.1 Å². The number of halogens is 2. The average Bonchev–Trinajstić information content (AvgIpc) is 3.33. The molecule has 3 heterocycles. The van der Waals surface area contributed by atoms with Crippen molar-refractivity contribution in [2.24, 2.45) is 0 Å². The van der Waals surface area contributed by atoms with E-state index in [0.29, 0.717) is 23.0 Å². The minimum absolute atomic E-state index is 0.0860. The first kappa shape index (κ1) is 28.0. The van der Waals surface area contributed by atoms with Crippen LogP contribution in [0, 0.1) is 11.6 Å². The Morgan fingerprint density at radius 1 is 1.10 bits per heavy atom. The number of nitrogens with zero attached hydrogens (tertiary/aromatic N) is 4. The molecular formula is C27H33F2N7O3S. The highest BCUT2D eigenvalue weighted by atomic mass is 32.2. The van der Waals surface area contributed by atoms with Crippen LogP contribution in [0.4, 0.5) is 26.0 Å². The molecule has 0 radical (unpaired) electrons. The number of sulfonamides is 1. The van der Waals surface area contributed by atoms with E-state index in [2.05, 4.69) is 25.3 Å². The van der Waals surface area contributed by atoms with Gasteiger partial charge in [0.1, 0.15) is 11.6 Å². The van der Waals surface area contributed by atoms with Gasteiger partial charge in [-0.25, -0.2) is 17.2 Å². The molecule has 2 aliphatic heterocycles. The normalized spacial score (nSPS) is 16.5. The second-order valence-electron chi connectivity index (χ2n) is 10.3. The van der Waals surface area contributed by atoms with Gasteiger partial charge in [0.2, 0.25) is 10.0 Å². The van der Waals surface area contributed by atoms with Crippen LogP contribution in [-0.4, -0.2) is 73.5 Å². The predicted octanol–water partition coefficient (Wildman–Crippen LogP) is 3.19. The Hall–Kier alpha value is -3.55. The van der Waals surface area contributed by atoms with Gasteiger partial charge in [0.15, 0.2) is 5.82 Å². The lowest BCUT2D eigenvalue weighted by Crippen LogP contribution is -2.36. The molecule has 13 heteroatoms. The van der Waals surface area contributed by atoms with E-state index in [1.165, 1.54) is 19.3 Å². The Kier molecular flexibility index (Phi) is 8.06. The molecule has 5 rings (SSSR count). The number of aromatic nitrogens is 2. The van der Waals surface area contributed by atoms with Crippen molar-refractivity contribution in [3.05, 3.63) is 64.9 Å². The molecule has 4 N–H and O–H groups in total. The number of rotatable bonds is 8. The third-order valence-corrected chi connectivity index (χ3v) is 9.35. The smallest absolute Gasteiger partial charge is 0.258 e. The Labute approximate surface area is 232 Å². The van der Waals surface area contributed by atoms with Crippen molar-refractivity contribution >= 4 is 33.1 Å². The molecule has 0 aliphatic carbocycles. The number of fused-ring (bicyclic) bond motifs is 1. The summed E-state index contributed by atoms with van der Waals surface area (Å²) < 4.78 is 54.7. The summed E-state index contributed by atoms with van der Waals surface area (Å²) in [6, 6.07) is 7.44. The molecule has 40 heavy (non-hydrogen) atoms. The van der Waals surface area contributed by atoms with Gasteiger partial charge in [-0.15, -0.1) is 0 Å². The number of benzene rings is 2. The fourth-order valence-electron chi connectivity index (χ4n) is 5.18. The van der Waals surface area contributed by atoms with Crippen molar-refractivity contribution in [1.82, 2.24) is 19.4 Å². The van der Waals surface area contributed by atoms with Gasteiger partial charge in [0, 0.05) is 68.3 Å². The number of aromatic amines is 1. The molecular weight excluding hydrogens is 540 g/mol. The van der Waals surface area contributed by atoms with E-state index in [4.69, 9.17) is 5.73 Å². The first-order chi connectivity index (χ1) is 19.1. The summed E-state index contributed by atoms with van der Waals surface area (Å²) in [4.78, 5) is 17.2. The van der Waals surface area contributed by atoms with Crippen LogP contribution in [0.15, 0.2) is 41.3 Å². The summed E-state index contributed by atoms with van der Waals surface area (Å²) in [5.41, 5.74) is 8.88. The van der Waals surface area contributed by atoms with Crippen molar-refractivity contribution in [3.63, 3.8) is 0 Å². The zero-order valence-electron chi connectivity index (χ0n) is 22.3. The molecule has 2 aliphatic rings. The SMILES string of the molecule is CN(CCN1CCCCC1)c1ccc(C(=O)Nc2n[nH]c3c2CN(S(=O)(=O)c2cc(F)cc(F)c2)CC3)c(N)c1. The number of piperidine rings is 1. The lowest BCUT2D eigenvalue weighted by Gasteiger charge is -2.29. The molecule has 1 fully saturated rings. The molecule has 0 bridgehead atoms. The number of nitrogens with one attached hydrogen (secondary N) is 2. The molecule has 1 aromatic heterocycles. The number of amides is 1. The van der Waals surface area contributed by atoms with E-state index in [0.717, 1.165) is 48.3 Å². The van der Waals surface area contributed by atoms with Gasteiger partial charge in [0.05, 0.1) is 10.5 Å². The Balaban J connectivity index is 1.26. The van der Waals surface area contributed by atoms with Crippen LogP contribution in [0.25, 0.3) is 0 Å². The highest BCUT2D eigenvalue weighted by Crippen LogP contribution is 2.30. The van der Waals surface area contributed by atoms with Crippen LogP contribution in [0.1, 0.15) is 40.9 Å². The van der Waals surface area contributed by atoms with Crippen molar-refractivity contribution in [2.75, 3.05) is 55.7 Å². The number of carbonyl (C=O) groups is 1. The van der Waals surface area contributed by atoms with Crippen LogP contribution in [-0.2, 0) is 23.0 Å². The summed E-state index contributed by atoms with van der Waals surface area (Å²) in [6.07, 6.45) is 4.05. The summed E-state index contributed by atoms with van der Waals surface area (Å²) in [5, 5.41) is 9.75. The number of hydrogen-bond donors (Lipinski definition) is 3. The third kappa shape index (κ3) is 5.96. The molecule has 0 spiro atoms.